The summed E-state index contributed by atoms with van der Waals surface area (Å²) in [6.45, 7) is 2.93. The monoisotopic (exact) mass is 355 g/mol. The minimum absolute atomic E-state index is 0. The van der Waals surface area contributed by atoms with Crippen LogP contribution in [-0.4, -0.2) is 23.5 Å². The molecule has 7 heteroatoms. The van der Waals surface area contributed by atoms with Crippen LogP contribution in [0.5, 0.6) is 0 Å². The van der Waals surface area contributed by atoms with Crippen LogP contribution in [0.25, 0.3) is 0 Å². The van der Waals surface area contributed by atoms with Crippen molar-refractivity contribution < 1.29 is 4.79 Å². The van der Waals surface area contributed by atoms with Crippen molar-refractivity contribution in [3.8, 4) is 0 Å². The van der Waals surface area contributed by atoms with Gasteiger partial charge < -0.3 is 10.6 Å². The number of hydrogen-bond acceptors (Lipinski definition) is 5. The highest BCUT2D eigenvalue weighted by atomic mass is 35.5. The van der Waals surface area contributed by atoms with Gasteiger partial charge in [-0.3, -0.25) is 4.79 Å². The molecule has 0 saturated carbocycles. The highest BCUT2D eigenvalue weighted by molar-refractivity contribution is 8.01. The van der Waals surface area contributed by atoms with Gasteiger partial charge in [0, 0.05) is 21.7 Å². The number of nitrogens with one attached hydrogen (secondary N) is 2. The molecule has 4 nitrogen and oxygen atoms in total. The van der Waals surface area contributed by atoms with E-state index in [-0.39, 0.29) is 24.4 Å². The summed E-state index contributed by atoms with van der Waals surface area (Å²) in [5.74, 6) is 0.0588. The van der Waals surface area contributed by atoms with E-state index < -0.39 is 0 Å². The Morgan fingerprint density at radius 3 is 2.77 bits per heavy atom. The van der Waals surface area contributed by atoms with E-state index >= 15 is 0 Å². The maximum atomic E-state index is 12.0. The van der Waals surface area contributed by atoms with Gasteiger partial charge in [0.05, 0.1) is 6.04 Å². The van der Waals surface area contributed by atoms with Crippen molar-refractivity contribution in [2.45, 2.75) is 35.0 Å². The van der Waals surface area contributed by atoms with Crippen molar-refractivity contribution in [1.29, 1.82) is 0 Å². The molecule has 2 N–H and O–H groups in total. The van der Waals surface area contributed by atoms with Crippen LogP contribution in [0.3, 0.4) is 0 Å². The molecule has 2 aromatic rings. The summed E-state index contributed by atoms with van der Waals surface area (Å²) in [6.07, 6.45) is 1.99. The Morgan fingerprint density at radius 2 is 2.18 bits per heavy atom. The molecule has 1 saturated heterocycles. The smallest absolute Gasteiger partial charge is 0.241 e. The van der Waals surface area contributed by atoms with Gasteiger partial charge in [-0.25, -0.2) is 4.98 Å². The lowest BCUT2D eigenvalue weighted by molar-refractivity contribution is -0.117. The molecule has 0 aliphatic carbocycles. The van der Waals surface area contributed by atoms with Gasteiger partial charge in [-0.05, 0) is 50.6 Å². The molecule has 118 valence electrons. The van der Waals surface area contributed by atoms with E-state index in [1.165, 1.54) is 0 Å². The first-order chi connectivity index (χ1) is 10.2. The Labute approximate surface area is 144 Å². The lowest BCUT2D eigenvalue weighted by Gasteiger charge is -2.11. The Bertz CT molecular complexity index is 624. The van der Waals surface area contributed by atoms with Crippen molar-refractivity contribution in [2.75, 3.05) is 11.9 Å². The van der Waals surface area contributed by atoms with Gasteiger partial charge in [0.2, 0.25) is 5.91 Å². The number of aromatic nitrogens is 1. The molecule has 1 atom stereocenters. The quantitative estimate of drug-likeness (QED) is 0.877. The molecule has 2 heterocycles. The van der Waals surface area contributed by atoms with E-state index in [0.29, 0.717) is 0 Å². The lowest BCUT2D eigenvalue weighted by atomic mass is 10.2. The van der Waals surface area contributed by atoms with E-state index in [1.807, 2.05) is 36.6 Å². The second kappa shape index (κ2) is 7.97. The molecule has 1 amide bonds. The fourth-order valence-electron chi connectivity index (χ4n) is 2.22. The number of hydrogen-bond donors (Lipinski definition) is 2. The van der Waals surface area contributed by atoms with Crippen LogP contribution >= 0.6 is 35.5 Å². The van der Waals surface area contributed by atoms with Crippen LogP contribution in [0, 0.1) is 6.92 Å². The summed E-state index contributed by atoms with van der Waals surface area (Å²) in [4.78, 5) is 17.6. The third-order valence-corrected chi connectivity index (χ3v) is 5.37. The number of benzene rings is 1. The number of carbonyl (C=O) groups is 1. The third kappa shape index (κ3) is 4.46. The molecule has 1 aromatic carbocycles. The maximum absolute atomic E-state index is 12.0. The van der Waals surface area contributed by atoms with Crippen LogP contribution < -0.4 is 10.6 Å². The zero-order chi connectivity index (χ0) is 14.7. The predicted molar refractivity (Wildman–Crippen MR) is 94.3 cm³/mol. The summed E-state index contributed by atoms with van der Waals surface area (Å²) in [5, 5.41) is 8.20. The summed E-state index contributed by atoms with van der Waals surface area (Å²) >= 11 is 3.29. The molecule has 1 aliphatic rings. The maximum Gasteiger partial charge on any atom is 0.241 e. The number of thiazole rings is 1. The molecule has 1 aromatic heterocycles. The van der Waals surface area contributed by atoms with Crippen molar-refractivity contribution in [3.63, 3.8) is 0 Å². The summed E-state index contributed by atoms with van der Waals surface area (Å²) < 4.78 is 1.04. The molecular weight excluding hydrogens is 338 g/mol. The molecule has 1 aliphatic heterocycles. The van der Waals surface area contributed by atoms with Gasteiger partial charge in [-0.15, -0.1) is 23.7 Å². The number of rotatable bonds is 4. The molecule has 1 fully saturated rings. The average molecular weight is 356 g/mol. The first-order valence-electron chi connectivity index (χ1n) is 6.95. The number of nitrogens with zero attached hydrogens (tertiary/aromatic N) is 1. The van der Waals surface area contributed by atoms with Crippen LogP contribution in [-0.2, 0) is 4.79 Å². The summed E-state index contributed by atoms with van der Waals surface area (Å²) in [7, 11) is 0. The minimum Gasteiger partial charge on any atom is -0.325 e. The van der Waals surface area contributed by atoms with E-state index in [0.717, 1.165) is 40.0 Å². The van der Waals surface area contributed by atoms with E-state index in [2.05, 4.69) is 15.6 Å². The van der Waals surface area contributed by atoms with Gasteiger partial charge in [0.25, 0.3) is 0 Å². The second-order valence-corrected chi connectivity index (χ2v) is 7.20. The van der Waals surface area contributed by atoms with Gasteiger partial charge >= 0.3 is 0 Å². The molecule has 0 bridgehead atoms. The molecule has 0 radical (unpaired) electrons. The fourth-order valence-corrected chi connectivity index (χ4v) is 4.03. The fraction of sp³-hybridized carbons (Fsp3) is 0.333. The number of carbonyl (C=O) groups excluding carboxylic acids is 1. The van der Waals surface area contributed by atoms with Gasteiger partial charge in [-0.1, -0.05) is 11.8 Å². The third-order valence-electron chi connectivity index (χ3n) is 3.30. The Hall–Kier alpha value is -1.08. The number of amides is 1. The largest absolute Gasteiger partial charge is 0.325 e. The molecule has 0 spiro atoms. The van der Waals surface area contributed by atoms with Crippen LogP contribution in [0.15, 0.2) is 38.9 Å². The van der Waals surface area contributed by atoms with Gasteiger partial charge in [0.1, 0.15) is 0 Å². The molecule has 1 unspecified atom stereocenters. The van der Waals surface area contributed by atoms with Crippen LogP contribution in [0.1, 0.15) is 18.5 Å². The second-order valence-electron chi connectivity index (χ2n) is 5.02. The number of halogens is 1. The summed E-state index contributed by atoms with van der Waals surface area (Å²) in [6, 6.07) is 7.86. The summed E-state index contributed by atoms with van der Waals surface area (Å²) in [5.41, 5.74) is 1.89. The van der Waals surface area contributed by atoms with Crippen LogP contribution in [0.4, 0.5) is 5.69 Å². The van der Waals surface area contributed by atoms with Crippen molar-refractivity contribution in [2.24, 2.45) is 0 Å². The zero-order valence-electron chi connectivity index (χ0n) is 12.2. The minimum atomic E-state index is -0.0441. The Kier molecular flexibility index (Phi) is 6.26. The topological polar surface area (TPSA) is 54.0 Å². The van der Waals surface area contributed by atoms with Crippen LogP contribution in [0.2, 0.25) is 0 Å². The van der Waals surface area contributed by atoms with E-state index in [9.17, 15) is 4.79 Å². The normalized spacial score (nSPS) is 17.0. The SMILES string of the molecule is Cc1csc(Sc2ccc(NC(=O)C3CCCN3)cc2)n1.Cl. The first kappa shape index (κ1) is 17.3. The lowest BCUT2D eigenvalue weighted by Crippen LogP contribution is -2.35. The predicted octanol–water partition coefficient (Wildman–Crippen LogP) is 3.72. The average Bonchev–Trinajstić information content (AvgIpc) is 3.13. The zero-order valence-corrected chi connectivity index (χ0v) is 14.6. The number of anilines is 1. The van der Waals surface area contributed by atoms with E-state index in [4.69, 9.17) is 0 Å². The standard InChI is InChI=1S/C15H17N3OS2.ClH/c1-10-9-20-15(17-10)21-12-6-4-11(5-7-12)18-14(19)13-3-2-8-16-13;/h4-7,9,13,16H,2-3,8H2,1H3,(H,18,19);1H. The van der Waals surface area contributed by atoms with Crippen molar-refractivity contribution in [3.05, 3.63) is 35.3 Å². The molecular formula is C15H18ClN3OS2. The highest BCUT2D eigenvalue weighted by Crippen LogP contribution is 2.30. The van der Waals surface area contributed by atoms with Crippen molar-refractivity contribution in [1.82, 2.24) is 10.3 Å². The first-order valence-corrected chi connectivity index (χ1v) is 8.64. The Balaban J connectivity index is 0.00000176. The van der Waals surface area contributed by atoms with Gasteiger partial charge in [-0.2, -0.15) is 0 Å². The highest BCUT2D eigenvalue weighted by Gasteiger charge is 2.21. The number of aryl methyl sites for hydroxylation is 1. The molecule has 3 rings (SSSR count). The van der Waals surface area contributed by atoms with E-state index in [1.54, 1.807) is 23.1 Å². The van der Waals surface area contributed by atoms with Crippen molar-refractivity contribution >= 4 is 47.1 Å². The molecule has 22 heavy (non-hydrogen) atoms. The Morgan fingerprint density at radius 1 is 1.41 bits per heavy atom. The van der Waals surface area contributed by atoms with Gasteiger partial charge in [0.15, 0.2) is 4.34 Å².